The van der Waals surface area contributed by atoms with Crippen LogP contribution in [0.2, 0.25) is 0 Å². The number of H-pyrrole nitrogens is 1. The Kier molecular flexibility index (Phi) is 4.70. The first-order chi connectivity index (χ1) is 14.0. The molecule has 2 aromatic carbocycles. The molecule has 4 rings (SSSR count). The van der Waals surface area contributed by atoms with Crippen LogP contribution in [0, 0.1) is 0 Å². The van der Waals surface area contributed by atoms with Crippen LogP contribution < -0.4 is 16.4 Å². The smallest absolute Gasteiger partial charge is 0.316 e. The Balaban J connectivity index is 1.61. The van der Waals surface area contributed by atoms with E-state index < -0.39 is 6.03 Å². The third-order valence-electron chi connectivity index (χ3n) is 4.45. The molecular weight excluding hydrogens is 366 g/mol. The van der Waals surface area contributed by atoms with Gasteiger partial charge in [0.05, 0.1) is 5.69 Å². The van der Waals surface area contributed by atoms with Gasteiger partial charge in [-0.3, -0.25) is 9.79 Å². The summed E-state index contributed by atoms with van der Waals surface area (Å²) in [5.74, 6) is -0.106. The van der Waals surface area contributed by atoms with Crippen molar-refractivity contribution in [3.8, 4) is 11.1 Å². The number of rotatable bonds is 4. The molecule has 3 aromatic rings. The number of fused-ring (bicyclic) bond motifs is 1. The van der Waals surface area contributed by atoms with Gasteiger partial charge in [0.25, 0.3) is 0 Å². The molecular formula is C22H19N5O2. The lowest BCUT2D eigenvalue weighted by molar-refractivity contribution is -0.114. The molecule has 0 atom stereocenters. The van der Waals surface area contributed by atoms with E-state index >= 15 is 0 Å². The number of primary amides is 1. The van der Waals surface area contributed by atoms with Crippen molar-refractivity contribution in [2.24, 2.45) is 10.7 Å². The molecule has 0 saturated carbocycles. The maximum absolute atomic E-state index is 11.3. The van der Waals surface area contributed by atoms with Gasteiger partial charge in [-0.1, -0.05) is 12.1 Å². The van der Waals surface area contributed by atoms with Crippen molar-refractivity contribution in [3.05, 3.63) is 66.0 Å². The van der Waals surface area contributed by atoms with Crippen LogP contribution in [0.3, 0.4) is 0 Å². The number of aromatic nitrogens is 1. The summed E-state index contributed by atoms with van der Waals surface area (Å²) in [5.41, 5.74) is 12.2. The van der Waals surface area contributed by atoms with Gasteiger partial charge >= 0.3 is 6.03 Å². The monoisotopic (exact) mass is 385 g/mol. The molecule has 144 valence electrons. The summed E-state index contributed by atoms with van der Waals surface area (Å²) in [6.45, 7) is 1.48. The largest absolute Gasteiger partial charge is 0.361 e. The van der Waals surface area contributed by atoms with Gasteiger partial charge in [0, 0.05) is 47.5 Å². The van der Waals surface area contributed by atoms with Crippen LogP contribution in [0.1, 0.15) is 18.2 Å². The van der Waals surface area contributed by atoms with Crippen LogP contribution in [0.5, 0.6) is 0 Å². The summed E-state index contributed by atoms with van der Waals surface area (Å²) < 4.78 is 0. The summed E-state index contributed by atoms with van der Waals surface area (Å²) >= 11 is 0. The van der Waals surface area contributed by atoms with Crippen LogP contribution in [-0.4, -0.2) is 23.1 Å². The van der Waals surface area contributed by atoms with Gasteiger partial charge in [-0.15, -0.1) is 0 Å². The number of allylic oxidation sites excluding steroid dienone is 1. The molecule has 7 nitrogen and oxygen atoms in total. The van der Waals surface area contributed by atoms with E-state index in [9.17, 15) is 9.59 Å². The first-order valence-corrected chi connectivity index (χ1v) is 9.01. The molecule has 29 heavy (non-hydrogen) atoms. The fourth-order valence-corrected chi connectivity index (χ4v) is 3.23. The van der Waals surface area contributed by atoms with Gasteiger partial charge in [-0.25, -0.2) is 4.79 Å². The number of nitrogens with zero attached hydrogens (tertiary/aromatic N) is 1. The van der Waals surface area contributed by atoms with Crippen LogP contribution in [-0.2, 0) is 4.79 Å². The SMILES string of the molecule is CC(=O)Nc1cccc(-c2c[nH]c(C=C3C=Nc4ccc(NC(N)=O)cc43)c2)c1. The zero-order valence-corrected chi connectivity index (χ0v) is 15.7. The second kappa shape index (κ2) is 7.47. The number of hydrogen-bond donors (Lipinski definition) is 4. The third-order valence-corrected chi connectivity index (χ3v) is 4.45. The molecule has 7 heteroatoms. The van der Waals surface area contributed by atoms with Crippen molar-refractivity contribution in [1.82, 2.24) is 4.98 Å². The highest BCUT2D eigenvalue weighted by molar-refractivity contribution is 6.21. The lowest BCUT2D eigenvalue weighted by Gasteiger charge is -2.05. The van der Waals surface area contributed by atoms with Gasteiger partial charge in [0.15, 0.2) is 0 Å². The van der Waals surface area contributed by atoms with Crippen molar-refractivity contribution in [1.29, 1.82) is 0 Å². The van der Waals surface area contributed by atoms with Crippen molar-refractivity contribution >= 4 is 46.9 Å². The number of urea groups is 1. The molecule has 0 fully saturated rings. The molecule has 1 aromatic heterocycles. The Labute approximate surface area is 167 Å². The Bertz CT molecular complexity index is 1170. The summed E-state index contributed by atoms with van der Waals surface area (Å²) in [5, 5.41) is 5.37. The first-order valence-electron chi connectivity index (χ1n) is 9.01. The topological polar surface area (TPSA) is 112 Å². The highest BCUT2D eigenvalue weighted by atomic mass is 16.2. The molecule has 0 saturated heterocycles. The van der Waals surface area contributed by atoms with E-state index in [1.165, 1.54) is 6.92 Å². The van der Waals surface area contributed by atoms with E-state index in [0.717, 1.165) is 39.3 Å². The van der Waals surface area contributed by atoms with Gasteiger partial charge < -0.3 is 21.4 Å². The fraction of sp³-hybridized carbons (Fsp3) is 0.0455. The Morgan fingerprint density at radius 2 is 1.86 bits per heavy atom. The first kappa shape index (κ1) is 18.2. The average molecular weight is 385 g/mol. The normalized spacial score (nSPS) is 13.3. The average Bonchev–Trinajstić information content (AvgIpc) is 3.29. The third kappa shape index (κ3) is 4.08. The number of benzene rings is 2. The van der Waals surface area contributed by atoms with E-state index in [1.807, 2.05) is 54.7 Å². The number of aromatic amines is 1. The minimum absolute atomic E-state index is 0.106. The van der Waals surface area contributed by atoms with E-state index in [2.05, 4.69) is 20.6 Å². The van der Waals surface area contributed by atoms with E-state index in [1.54, 1.807) is 12.3 Å². The summed E-state index contributed by atoms with van der Waals surface area (Å²) in [4.78, 5) is 30.0. The zero-order valence-electron chi connectivity index (χ0n) is 15.7. The number of hydrogen-bond acceptors (Lipinski definition) is 3. The molecule has 5 N–H and O–H groups in total. The van der Waals surface area contributed by atoms with E-state index in [4.69, 9.17) is 5.73 Å². The predicted octanol–water partition coefficient (Wildman–Crippen LogP) is 4.39. The summed E-state index contributed by atoms with van der Waals surface area (Å²) in [6, 6.07) is 14.5. The number of nitrogens with two attached hydrogens (primary N) is 1. The van der Waals surface area contributed by atoms with Crippen LogP contribution in [0.4, 0.5) is 21.9 Å². The molecule has 0 spiro atoms. The standard InChI is InChI=1S/C22H19N5O2/c1-13(28)26-17-4-2-3-14(7-17)15-8-19(24-11-15)9-16-12-25-21-6-5-18(10-20(16)21)27-22(23)29/h2-12,24H,1H3,(H,26,28)(H3,23,27,29). The summed E-state index contributed by atoms with van der Waals surface area (Å²) in [7, 11) is 0. The summed E-state index contributed by atoms with van der Waals surface area (Å²) in [6.07, 6.45) is 5.69. The van der Waals surface area contributed by atoms with E-state index in [-0.39, 0.29) is 5.91 Å². The predicted molar refractivity (Wildman–Crippen MR) is 116 cm³/mol. The molecule has 0 aliphatic carbocycles. The van der Waals surface area contributed by atoms with Crippen LogP contribution in [0.25, 0.3) is 22.8 Å². The van der Waals surface area contributed by atoms with Gasteiger partial charge in [0.2, 0.25) is 5.91 Å². The van der Waals surface area contributed by atoms with Gasteiger partial charge in [-0.05, 0) is 53.6 Å². The number of anilines is 2. The number of nitrogens with one attached hydrogen (secondary N) is 3. The van der Waals surface area contributed by atoms with Crippen molar-refractivity contribution in [2.75, 3.05) is 10.6 Å². The zero-order chi connectivity index (χ0) is 20.4. The maximum atomic E-state index is 11.3. The Hall–Kier alpha value is -4.13. The number of aliphatic imine (C=N–C) groups is 1. The Morgan fingerprint density at radius 3 is 2.66 bits per heavy atom. The van der Waals surface area contributed by atoms with Crippen LogP contribution >= 0.6 is 0 Å². The van der Waals surface area contributed by atoms with Crippen molar-refractivity contribution < 1.29 is 9.59 Å². The quantitative estimate of drug-likeness (QED) is 0.534. The van der Waals surface area contributed by atoms with Gasteiger partial charge in [-0.2, -0.15) is 0 Å². The molecule has 0 bridgehead atoms. The molecule has 0 radical (unpaired) electrons. The number of carbonyl (C=O) groups is 2. The minimum Gasteiger partial charge on any atom is -0.361 e. The van der Waals surface area contributed by atoms with Crippen LogP contribution in [0.15, 0.2) is 59.7 Å². The molecule has 2 heterocycles. The van der Waals surface area contributed by atoms with Crippen molar-refractivity contribution in [2.45, 2.75) is 6.92 Å². The molecule has 0 unspecified atom stereocenters. The number of carbonyl (C=O) groups excluding carboxylic acids is 2. The lowest BCUT2D eigenvalue weighted by Crippen LogP contribution is -2.19. The van der Waals surface area contributed by atoms with Gasteiger partial charge in [0.1, 0.15) is 0 Å². The second-order valence-electron chi connectivity index (χ2n) is 6.68. The Morgan fingerprint density at radius 1 is 1.03 bits per heavy atom. The molecule has 1 aliphatic rings. The van der Waals surface area contributed by atoms with Crippen molar-refractivity contribution in [3.63, 3.8) is 0 Å². The fourth-order valence-electron chi connectivity index (χ4n) is 3.23. The number of amides is 3. The lowest BCUT2D eigenvalue weighted by atomic mass is 10.0. The maximum Gasteiger partial charge on any atom is 0.316 e. The highest BCUT2D eigenvalue weighted by Gasteiger charge is 2.14. The van der Waals surface area contributed by atoms with E-state index in [0.29, 0.717) is 5.69 Å². The molecule has 1 aliphatic heterocycles. The second-order valence-corrected chi connectivity index (χ2v) is 6.68. The minimum atomic E-state index is -0.607. The molecule has 3 amide bonds. The highest BCUT2D eigenvalue weighted by Crippen LogP contribution is 2.35.